The summed E-state index contributed by atoms with van der Waals surface area (Å²) in [6.07, 6.45) is -25.2. The Morgan fingerprint density at radius 3 is 1.64 bits per heavy atom. The molecule has 0 aromatic heterocycles. The lowest BCUT2D eigenvalue weighted by molar-refractivity contribution is -0.378. The van der Waals surface area contributed by atoms with Crippen LogP contribution in [0.15, 0.2) is 11.6 Å². The van der Waals surface area contributed by atoms with E-state index < -0.39 is 178 Å². The Morgan fingerprint density at radius 1 is 0.545 bits per heavy atom. The average Bonchev–Trinajstić information content (AvgIpc) is 3.96. The van der Waals surface area contributed by atoms with Crippen LogP contribution in [-0.2, 0) is 37.9 Å². The van der Waals surface area contributed by atoms with E-state index in [4.69, 9.17) is 37.9 Å². The van der Waals surface area contributed by atoms with Gasteiger partial charge in [-0.25, -0.2) is 0 Å². The molecule has 0 amide bonds. The number of rotatable bonds is 16. The van der Waals surface area contributed by atoms with E-state index in [1.165, 1.54) is 0 Å². The quantitative estimate of drug-likeness (QED) is 0.0576. The fourth-order valence-corrected chi connectivity index (χ4v) is 16.3. The maximum absolute atomic E-state index is 12.8. The second-order valence-corrected chi connectivity index (χ2v) is 25.7. The van der Waals surface area contributed by atoms with E-state index >= 15 is 0 Å². The van der Waals surface area contributed by atoms with Crippen LogP contribution in [0.1, 0.15) is 113 Å². The van der Waals surface area contributed by atoms with Gasteiger partial charge in [0.05, 0.1) is 44.2 Å². The Bertz CT molecular complexity index is 1990. The number of hydrogen-bond acceptors (Lipinski definition) is 23. The maximum Gasteiger partial charge on any atom is 0.187 e. The highest BCUT2D eigenvalue weighted by atomic mass is 16.8. The molecule has 4 aliphatic heterocycles. The third kappa shape index (κ3) is 10.9. The van der Waals surface area contributed by atoms with Gasteiger partial charge >= 0.3 is 0 Å². The Hall–Kier alpha value is -1.18. The van der Waals surface area contributed by atoms with Gasteiger partial charge in [-0.1, -0.05) is 46.3 Å². The number of aliphatic hydroxyl groups excluding tert-OH is 15. The minimum atomic E-state index is -1.82. The first-order valence-corrected chi connectivity index (χ1v) is 27.9. The van der Waals surface area contributed by atoms with E-state index in [-0.39, 0.29) is 34.5 Å². The van der Waals surface area contributed by atoms with Crippen LogP contribution in [0.2, 0.25) is 0 Å². The van der Waals surface area contributed by atoms with Crippen molar-refractivity contribution in [1.29, 1.82) is 0 Å². The van der Waals surface area contributed by atoms with Gasteiger partial charge in [0, 0.05) is 0 Å². The summed E-state index contributed by atoms with van der Waals surface area (Å²) in [5, 5.41) is 162. The summed E-state index contributed by atoms with van der Waals surface area (Å²) in [4.78, 5) is 0. The maximum atomic E-state index is 12.8. The van der Waals surface area contributed by atoms with Crippen molar-refractivity contribution in [3.63, 3.8) is 0 Å². The molecule has 4 saturated heterocycles. The molecule has 4 aliphatic carbocycles. The standard InChI is InChI=1S/C54H92O23/c1-23(2)10-9-14-54(8,77-48-44(69)40(65)37(62)29(74-48)22-70-46-42(67)38(63)34(59)26(19-55)71-46)24-11-16-53(7)33(24)25(58)18-31-51(5)15-13-32(50(3,4)30(51)12-17-52(31,53)6)75-49-45(41(66)36(61)28(21-57)73-49)76-47-43(68)39(64)35(60)27(20-56)72-47/h10,24-49,55-69H,9,11-22H2,1-8H3/t24-,25+,26+,27+,28+,29+,30-,31+,32+,33-,34+,35+,36+,37+,38-,39-,40-,41-,42+,43+,44+,45+,46+,47-,48-,49-,51-,52+,53+,54-/m0/s1. The molecular weight excluding hydrogens is 1020 g/mol. The zero-order valence-corrected chi connectivity index (χ0v) is 45.8. The molecule has 30 atom stereocenters. The molecule has 8 fully saturated rings. The van der Waals surface area contributed by atoms with Crippen molar-refractivity contribution >= 4 is 0 Å². The van der Waals surface area contributed by atoms with Crippen molar-refractivity contribution in [1.82, 2.24) is 0 Å². The highest BCUT2D eigenvalue weighted by Gasteiger charge is 2.72. The number of ether oxygens (including phenoxy) is 8. The molecule has 4 heterocycles. The van der Waals surface area contributed by atoms with Gasteiger partial charge in [0.25, 0.3) is 0 Å². The first kappa shape index (κ1) is 61.9. The van der Waals surface area contributed by atoms with Gasteiger partial charge in [0.1, 0.15) is 97.7 Å². The highest BCUT2D eigenvalue weighted by Crippen LogP contribution is 2.76. The van der Waals surface area contributed by atoms with Crippen molar-refractivity contribution in [2.45, 2.75) is 254 Å². The van der Waals surface area contributed by atoms with Crippen molar-refractivity contribution in [3.8, 4) is 0 Å². The first-order valence-electron chi connectivity index (χ1n) is 27.9. The van der Waals surface area contributed by atoms with Crippen molar-refractivity contribution in [2.75, 3.05) is 26.4 Å². The number of aliphatic hydroxyl groups is 15. The number of fused-ring (bicyclic) bond motifs is 5. The molecule has 0 unspecified atom stereocenters. The fourth-order valence-electron chi connectivity index (χ4n) is 16.3. The molecule has 446 valence electrons. The molecule has 0 bridgehead atoms. The minimum Gasteiger partial charge on any atom is -0.394 e. The molecule has 4 saturated carbocycles. The molecular formula is C54H92O23. The normalized spacial score (nSPS) is 52.7. The largest absolute Gasteiger partial charge is 0.394 e. The summed E-state index contributed by atoms with van der Waals surface area (Å²) >= 11 is 0. The minimum absolute atomic E-state index is 0.0374. The van der Waals surface area contributed by atoms with Crippen LogP contribution < -0.4 is 0 Å². The van der Waals surface area contributed by atoms with E-state index in [0.717, 1.165) is 24.8 Å². The van der Waals surface area contributed by atoms with Crippen LogP contribution >= 0.6 is 0 Å². The summed E-state index contributed by atoms with van der Waals surface area (Å²) in [6, 6.07) is 0. The molecule has 0 spiro atoms. The molecule has 8 rings (SSSR count). The molecule has 0 aromatic carbocycles. The van der Waals surface area contributed by atoms with Crippen LogP contribution in [0.3, 0.4) is 0 Å². The zero-order chi connectivity index (χ0) is 56.6. The summed E-state index contributed by atoms with van der Waals surface area (Å²) in [7, 11) is 0. The molecule has 0 radical (unpaired) electrons. The van der Waals surface area contributed by atoms with Crippen LogP contribution in [0.25, 0.3) is 0 Å². The van der Waals surface area contributed by atoms with Gasteiger partial charge in [-0.2, -0.15) is 0 Å². The predicted octanol–water partition coefficient (Wildman–Crippen LogP) is -2.20. The summed E-state index contributed by atoms with van der Waals surface area (Å²) in [5.41, 5.74) is -1.59. The molecule has 23 heteroatoms. The lowest BCUT2D eigenvalue weighted by Gasteiger charge is -2.71. The van der Waals surface area contributed by atoms with Gasteiger partial charge in [0.15, 0.2) is 25.2 Å². The molecule has 23 nitrogen and oxygen atoms in total. The van der Waals surface area contributed by atoms with E-state index in [1.807, 2.05) is 20.8 Å². The Labute approximate surface area is 450 Å². The SMILES string of the molecule is CC(C)=CCC[C@](C)(O[C@@H]1O[C@H](CO[C@@H]2O[C@H](CO)[C@@H](O)[C@H](O)[C@H]2O)[C@@H](O)[C@H](O)[C@H]1O)[C@H]1CC[C@]2(C)[C@@H]1[C@H](O)C[C@@H]1[C@@]3(C)CC[C@@H](O[C@@H]4O[C@H](CO)[C@@H](O)[C@H](O)[C@H]4O[C@@H]4O[C@H](CO)[C@@H](O)[C@H](O)[C@H]4O)C(C)(C)[C@@H]3CC[C@]12C. The second-order valence-electron chi connectivity index (χ2n) is 25.7. The van der Waals surface area contributed by atoms with E-state index in [2.05, 4.69) is 40.7 Å². The Kier molecular flexibility index (Phi) is 18.9. The molecule has 77 heavy (non-hydrogen) atoms. The van der Waals surface area contributed by atoms with Gasteiger partial charge < -0.3 is 114 Å². The lowest BCUT2D eigenvalue weighted by atomic mass is 9.35. The summed E-state index contributed by atoms with van der Waals surface area (Å²) in [5.74, 6) is -0.475. The topological polar surface area (TPSA) is 377 Å². The Morgan fingerprint density at radius 2 is 1.05 bits per heavy atom. The Balaban J connectivity index is 1.01. The highest BCUT2D eigenvalue weighted by molar-refractivity contribution is 5.20. The van der Waals surface area contributed by atoms with Gasteiger partial charge in [-0.15, -0.1) is 0 Å². The van der Waals surface area contributed by atoms with Crippen molar-refractivity contribution in [3.05, 3.63) is 11.6 Å². The monoisotopic (exact) mass is 1110 g/mol. The average molecular weight is 1110 g/mol. The summed E-state index contributed by atoms with van der Waals surface area (Å²) in [6.45, 7) is 14.6. The van der Waals surface area contributed by atoms with Gasteiger partial charge in [-0.05, 0) is 124 Å². The second kappa shape index (κ2) is 23.5. The third-order valence-electron chi connectivity index (χ3n) is 20.9. The molecule has 15 N–H and O–H groups in total. The third-order valence-corrected chi connectivity index (χ3v) is 20.9. The van der Waals surface area contributed by atoms with Crippen molar-refractivity contribution < 1.29 is 114 Å². The van der Waals surface area contributed by atoms with Crippen LogP contribution in [-0.4, -0.2) is 244 Å². The smallest absolute Gasteiger partial charge is 0.187 e. The molecule has 0 aromatic rings. The predicted molar refractivity (Wildman–Crippen MR) is 266 cm³/mol. The number of hydrogen-bond donors (Lipinski definition) is 15. The van der Waals surface area contributed by atoms with Gasteiger partial charge in [0.2, 0.25) is 0 Å². The van der Waals surface area contributed by atoms with Crippen LogP contribution in [0.5, 0.6) is 0 Å². The van der Waals surface area contributed by atoms with Gasteiger partial charge in [-0.3, -0.25) is 0 Å². The fraction of sp³-hybridized carbons (Fsp3) is 0.963. The van der Waals surface area contributed by atoms with E-state index in [1.54, 1.807) is 0 Å². The van der Waals surface area contributed by atoms with Crippen LogP contribution in [0.4, 0.5) is 0 Å². The van der Waals surface area contributed by atoms with Crippen molar-refractivity contribution in [2.24, 2.45) is 45.3 Å². The summed E-state index contributed by atoms with van der Waals surface area (Å²) < 4.78 is 48.9. The van der Waals surface area contributed by atoms with E-state index in [9.17, 15) is 76.6 Å². The lowest BCUT2D eigenvalue weighted by Crippen LogP contribution is -2.68. The van der Waals surface area contributed by atoms with E-state index in [0.29, 0.717) is 38.5 Å². The first-order chi connectivity index (χ1) is 36.0. The molecule has 8 aliphatic rings. The zero-order valence-electron chi connectivity index (χ0n) is 45.8. The van der Waals surface area contributed by atoms with Crippen LogP contribution in [0, 0.1) is 45.3 Å². The number of allylic oxidation sites excluding steroid dienone is 2.